The van der Waals surface area contributed by atoms with Gasteiger partial charge in [-0.25, -0.2) is 0 Å². The van der Waals surface area contributed by atoms with Gasteiger partial charge in [-0.05, 0) is 54.5 Å². The maximum absolute atomic E-state index is 9.66. The van der Waals surface area contributed by atoms with E-state index in [1.807, 2.05) is 13.0 Å². The molecule has 0 saturated heterocycles. The highest BCUT2D eigenvalue weighted by molar-refractivity contribution is 5.74. The Labute approximate surface area is 85.1 Å². The lowest BCUT2D eigenvalue weighted by molar-refractivity contribution is 0.470. The van der Waals surface area contributed by atoms with Crippen LogP contribution in [0.15, 0.2) is 18.2 Å². The molecule has 0 heterocycles. The highest BCUT2D eigenvalue weighted by Crippen LogP contribution is 2.34. The lowest BCUT2D eigenvalue weighted by Gasteiger charge is -2.19. The van der Waals surface area contributed by atoms with Gasteiger partial charge in [-0.3, -0.25) is 0 Å². The van der Waals surface area contributed by atoms with Crippen molar-refractivity contribution in [1.29, 1.82) is 0 Å². The predicted molar refractivity (Wildman–Crippen MR) is 59.4 cm³/mol. The minimum atomic E-state index is 0.421. The van der Waals surface area contributed by atoms with E-state index in [-0.39, 0.29) is 0 Å². The topological polar surface area (TPSA) is 20.2 Å². The second kappa shape index (κ2) is 3.49. The molecule has 1 aromatic rings. The van der Waals surface area contributed by atoms with Gasteiger partial charge in [0.1, 0.15) is 5.75 Å². The molecule has 1 aliphatic carbocycles. The SMILES string of the molecule is CCC1=CCCc2ccc(O)c(C)c21. The number of rotatable bonds is 1. The average Bonchev–Trinajstić information content (AvgIpc) is 2.23. The fourth-order valence-corrected chi connectivity index (χ4v) is 2.24. The van der Waals surface area contributed by atoms with E-state index in [0.717, 1.165) is 24.8 Å². The standard InChI is InChI=1S/C13H16O/c1-3-10-5-4-6-11-7-8-12(14)9(2)13(10)11/h5,7-8,14H,3-4,6H2,1-2H3. The van der Waals surface area contributed by atoms with E-state index in [4.69, 9.17) is 0 Å². The molecule has 1 aromatic carbocycles. The Morgan fingerprint density at radius 3 is 2.86 bits per heavy atom. The van der Waals surface area contributed by atoms with Crippen LogP contribution in [0.1, 0.15) is 36.5 Å². The third-order valence-electron chi connectivity index (χ3n) is 3.03. The first-order valence-electron chi connectivity index (χ1n) is 5.25. The van der Waals surface area contributed by atoms with E-state index in [9.17, 15) is 5.11 Å². The number of aromatic hydroxyl groups is 1. The maximum Gasteiger partial charge on any atom is 0.119 e. The molecule has 0 fully saturated rings. The lowest BCUT2D eigenvalue weighted by atomic mass is 9.86. The minimum Gasteiger partial charge on any atom is -0.508 e. The van der Waals surface area contributed by atoms with Gasteiger partial charge in [0.2, 0.25) is 0 Å². The van der Waals surface area contributed by atoms with E-state index in [0.29, 0.717) is 5.75 Å². The van der Waals surface area contributed by atoms with E-state index in [1.54, 1.807) is 0 Å². The number of hydrogen-bond donors (Lipinski definition) is 1. The molecule has 0 aliphatic heterocycles. The molecule has 0 aromatic heterocycles. The Balaban J connectivity index is 2.62. The van der Waals surface area contributed by atoms with Crippen molar-refractivity contribution in [3.8, 4) is 5.75 Å². The quantitative estimate of drug-likeness (QED) is 0.715. The Bertz CT molecular complexity index is 388. The zero-order chi connectivity index (χ0) is 10.1. The van der Waals surface area contributed by atoms with Gasteiger partial charge in [0.25, 0.3) is 0 Å². The first kappa shape index (κ1) is 9.32. The van der Waals surface area contributed by atoms with Crippen LogP contribution in [0.5, 0.6) is 5.75 Å². The number of aryl methyl sites for hydroxylation is 1. The lowest BCUT2D eigenvalue weighted by Crippen LogP contribution is -2.01. The fourth-order valence-electron chi connectivity index (χ4n) is 2.24. The van der Waals surface area contributed by atoms with Crippen molar-refractivity contribution in [2.75, 3.05) is 0 Å². The molecular weight excluding hydrogens is 172 g/mol. The Kier molecular flexibility index (Phi) is 2.32. The van der Waals surface area contributed by atoms with Gasteiger partial charge in [0.05, 0.1) is 0 Å². The molecule has 2 rings (SSSR count). The van der Waals surface area contributed by atoms with Crippen LogP contribution in [-0.2, 0) is 6.42 Å². The zero-order valence-corrected chi connectivity index (χ0v) is 8.80. The van der Waals surface area contributed by atoms with Crippen molar-refractivity contribution in [2.45, 2.75) is 33.1 Å². The van der Waals surface area contributed by atoms with Crippen molar-refractivity contribution >= 4 is 5.57 Å². The fraction of sp³-hybridized carbons (Fsp3) is 0.385. The normalized spacial score (nSPS) is 14.9. The Morgan fingerprint density at radius 2 is 2.14 bits per heavy atom. The van der Waals surface area contributed by atoms with Crippen LogP contribution in [0.2, 0.25) is 0 Å². The van der Waals surface area contributed by atoms with Crippen LogP contribution >= 0.6 is 0 Å². The number of benzene rings is 1. The van der Waals surface area contributed by atoms with Crippen LogP contribution in [-0.4, -0.2) is 5.11 Å². The summed E-state index contributed by atoms with van der Waals surface area (Å²) in [5, 5.41) is 9.66. The number of phenolic OH excluding ortho intramolecular Hbond substituents is 1. The summed E-state index contributed by atoms with van der Waals surface area (Å²) in [6, 6.07) is 3.87. The summed E-state index contributed by atoms with van der Waals surface area (Å²) in [7, 11) is 0. The summed E-state index contributed by atoms with van der Waals surface area (Å²) in [5.74, 6) is 0.421. The Morgan fingerprint density at radius 1 is 1.36 bits per heavy atom. The molecule has 0 amide bonds. The van der Waals surface area contributed by atoms with Crippen LogP contribution < -0.4 is 0 Å². The highest BCUT2D eigenvalue weighted by Gasteiger charge is 2.15. The maximum atomic E-state index is 9.66. The highest BCUT2D eigenvalue weighted by atomic mass is 16.3. The number of allylic oxidation sites excluding steroid dienone is 2. The zero-order valence-electron chi connectivity index (χ0n) is 8.80. The molecular formula is C13H16O. The largest absolute Gasteiger partial charge is 0.508 e. The summed E-state index contributed by atoms with van der Waals surface area (Å²) in [5.41, 5.74) is 5.10. The van der Waals surface area contributed by atoms with Gasteiger partial charge >= 0.3 is 0 Å². The first-order valence-corrected chi connectivity index (χ1v) is 5.25. The molecule has 0 radical (unpaired) electrons. The van der Waals surface area contributed by atoms with Gasteiger partial charge < -0.3 is 5.11 Å². The van der Waals surface area contributed by atoms with Gasteiger partial charge in [0, 0.05) is 0 Å². The minimum absolute atomic E-state index is 0.421. The molecule has 1 aliphatic rings. The van der Waals surface area contributed by atoms with Crippen molar-refractivity contribution in [3.63, 3.8) is 0 Å². The van der Waals surface area contributed by atoms with Crippen LogP contribution in [0.3, 0.4) is 0 Å². The molecule has 0 atom stereocenters. The Hall–Kier alpha value is -1.24. The predicted octanol–water partition coefficient (Wildman–Crippen LogP) is 3.44. The molecule has 0 saturated carbocycles. The van der Waals surface area contributed by atoms with Gasteiger partial charge in [0.15, 0.2) is 0 Å². The third-order valence-corrected chi connectivity index (χ3v) is 3.03. The molecule has 0 unspecified atom stereocenters. The molecule has 14 heavy (non-hydrogen) atoms. The molecule has 1 N–H and O–H groups in total. The summed E-state index contributed by atoms with van der Waals surface area (Å²) in [6.07, 6.45) is 5.60. The van der Waals surface area contributed by atoms with Gasteiger partial charge in [-0.1, -0.05) is 19.1 Å². The van der Waals surface area contributed by atoms with Gasteiger partial charge in [-0.2, -0.15) is 0 Å². The third kappa shape index (κ3) is 1.33. The van der Waals surface area contributed by atoms with Crippen LogP contribution in [0, 0.1) is 6.92 Å². The average molecular weight is 188 g/mol. The molecule has 74 valence electrons. The van der Waals surface area contributed by atoms with Crippen molar-refractivity contribution < 1.29 is 5.11 Å². The van der Waals surface area contributed by atoms with Crippen molar-refractivity contribution in [3.05, 3.63) is 34.9 Å². The van der Waals surface area contributed by atoms with Crippen LogP contribution in [0.4, 0.5) is 0 Å². The van der Waals surface area contributed by atoms with E-state index < -0.39 is 0 Å². The molecule has 1 heteroatoms. The monoisotopic (exact) mass is 188 g/mol. The van der Waals surface area contributed by atoms with Gasteiger partial charge in [-0.15, -0.1) is 0 Å². The van der Waals surface area contributed by atoms with E-state index in [1.165, 1.54) is 16.7 Å². The number of phenols is 1. The molecule has 0 bridgehead atoms. The van der Waals surface area contributed by atoms with Crippen molar-refractivity contribution in [1.82, 2.24) is 0 Å². The van der Waals surface area contributed by atoms with E-state index >= 15 is 0 Å². The summed E-state index contributed by atoms with van der Waals surface area (Å²) < 4.78 is 0. The summed E-state index contributed by atoms with van der Waals surface area (Å²) in [6.45, 7) is 4.17. The smallest absolute Gasteiger partial charge is 0.119 e. The molecule has 1 nitrogen and oxygen atoms in total. The second-order valence-electron chi connectivity index (χ2n) is 3.87. The second-order valence-corrected chi connectivity index (χ2v) is 3.87. The molecule has 0 spiro atoms. The van der Waals surface area contributed by atoms with Crippen LogP contribution in [0.25, 0.3) is 5.57 Å². The van der Waals surface area contributed by atoms with E-state index in [2.05, 4.69) is 19.1 Å². The summed E-state index contributed by atoms with van der Waals surface area (Å²) >= 11 is 0. The van der Waals surface area contributed by atoms with Crippen molar-refractivity contribution in [2.24, 2.45) is 0 Å². The number of fused-ring (bicyclic) bond motifs is 1. The number of hydrogen-bond acceptors (Lipinski definition) is 1. The summed E-state index contributed by atoms with van der Waals surface area (Å²) in [4.78, 5) is 0. The first-order chi connectivity index (χ1) is 6.74.